The maximum Gasteiger partial charge on any atom is 2.00 e. The zero-order valence-electron chi connectivity index (χ0n) is 8.84. The van der Waals surface area contributed by atoms with E-state index >= 15 is 0 Å². The molecule has 15 nitrogen and oxygen atoms in total. The Morgan fingerprint density at radius 3 is 0.381 bits per heavy atom. The Labute approximate surface area is 176 Å². The molecule has 0 saturated carbocycles. The molecule has 0 atom stereocenters. The summed E-state index contributed by atoms with van der Waals surface area (Å²) in [5.41, 5.74) is 0. The van der Waals surface area contributed by atoms with Gasteiger partial charge in [0, 0.05) is 0 Å². The Morgan fingerprint density at radius 1 is 0.381 bits per heavy atom. The van der Waals surface area contributed by atoms with E-state index in [-0.39, 0.29) is 23.1 Å². The molecule has 0 rings (SSSR count). The first kappa shape index (κ1) is 39.8. The number of rotatable bonds is 0. The third-order valence-corrected chi connectivity index (χ3v) is 0. The van der Waals surface area contributed by atoms with Crippen LogP contribution in [0.25, 0.3) is 0 Å². The molecule has 0 amide bonds. The van der Waals surface area contributed by atoms with E-state index in [4.69, 9.17) is 51.5 Å². The van der Waals surface area contributed by atoms with Crippen molar-refractivity contribution in [2.45, 2.75) is 0 Å². The van der Waals surface area contributed by atoms with Crippen LogP contribution in [-0.4, -0.2) is 33.4 Å². The minimum atomic E-state index is -4.01. The number of halogens is 5. The summed E-state index contributed by atoms with van der Waals surface area (Å²) >= 11 is -19.3. The topological polar surface area (TPSA) is 337 Å². The van der Waals surface area contributed by atoms with Gasteiger partial charge in [-0.25, -0.2) is 0 Å². The Bertz CT molecular complexity index is 80.6. The van der Waals surface area contributed by atoms with Crippen LogP contribution in [0.15, 0.2) is 0 Å². The van der Waals surface area contributed by atoms with Crippen LogP contribution in [0.3, 0.4) is 0 Å². The molecule has 0 bridgehead atoms. The Balaban J connectivity index is -0.0000000331. The fraction of sp³-hybridized carbons (Fsp3) is 0. The van der Waals surface area contributed by atoms with Crippen molar-refractivity contribution in [2.75, 3.05) is 0 Å². The summed E-state index contributed by atoms with van der Waals surface area (Å²) < 4.78 is 125. The van der Waals surface area contributed by atoms with E-state index in [0.717, 1.165) is 0 Å². The van der Waals surface area contributed by atoms with Crippen molar-refractivity contribution in [2.24, 2.45) is 0 Å². The number of hydrogen-bond acceptors (Lipinski definition) is 15. The van der Waals surface area contributed by atoms with E-state index in [1.54, 1.807) is 0 Å². The summed E-state index contributed by atoms with van der Waals surface area (Å²) in [6.07, 6.45) is 0. The van der Waals surface area contributed by atoms with Gasteiger partial charge in [0.1, 0.15) is 0 Å². The van der Waals surface area contributed by atoms with Gasteiger partial charge in [0.15, 0.2) is 0 Å². The predicted octanol–water partition coefficient (Wildman–Crippen LogP) is -31.3. The van der Waals surface area contributed by atoms with E-state index in [1.807, 2.05) is 0 Å². The Kier molecular flexibility index (Phi) is 66.3. The van der Waals surface area contributed by atoms with Crippen LogP contribution < -0.4 is 147 Å². The van der Waals surface area contributed by atoms with Crippen LogP contribution in [0.4, 0.5) is 0 Å². The molecule has 0 radical (unpaired) electrons. The molecule has 21 heteroatoms. The maximum atomic E-state index is 8.68. The van der Waals surface area contributed by atoms with Crippen molar-refractivity contribution in [3.63, 3.8) is 0 Å². The summed E-state index contributed by atoms with van der Waals surface area (Å²) in [5, 5.41) is 0. The van der Waals surface area contributed by atoms with Gasteiger partial charge in [0.25, 0.3) is 42.1 Å². The molecule has 0 aliphatic carbocycles. The average Bonchev–Trinajstić information content (AvgIpc) is 1.94. The zero-order valence-corrected chi connectivity index (χ0v) is 21.0. The molecule has 0 aromatic carbocycles. The van der Waals surface area contributed by atoms with Crippen molar-refractivity contribution in [1.82, 2.24) is 0 Å². The zero-order chi connectivity index (χ0) is 17.9. The largest absolute Gasteiger partial charge is 2.00 e. The number of hydrogen-bond donors (Lipinski definition) is 3. The second-order valence-electron chi connectivity index (χ2n) is 0.981. The molecule has 3 N–H and O–H groups in total. The SMILES string of the molecule is [Mg+2].[O-][I+2]([O-])O.[O-][I+2]([O-])O.[O-][I+2]([O-])O.[O-][I+2]([O-])[O-].[O-][I+2]([O-])[O-]. The van der Waals surface area contributed by atoms with Gasteiger partial charge in [-0.15, -0.1) is 0 Å². The molecular formula is H3I5MgO15. The van der Waals surface area contributed by atoms with Crippen LogP contribution in [0, 0.1) is 0 Å². The summed E-state index contributed by atoms with van der Waals surface area (Å²) in [6, 6.07) is 0. The van der Waals surface area contributed by atoms with Gasteiger partial charge in [-0.2, -0.15) is 0 Å². The smallest absolute Gasteiger partial charge is 0.427 e. The van der Waals surface area contributed by atoms with Gasteiger partial charge in [-0.3, -0.25) is 0 Å². The monoisotopic (exact) mass is 901 g/mol. The first-order chi connectivity index (χ1) is 8.66. The minimum absolute atomic E-state index is 0. The molecular weight excluding hydrogens is 899 g/mol. The average molecular weight is 902 g/mol. The molecule has 0 spiro atoms. The molecule has 0 aliphatic rings. The fourth-order valence-corrected chi connectivity index (χ4v) is 0. The van der Waals surface area contributed by atoms with Gasteiger partial charge in [0.2, 0.25) is 0 Å². The molecule has 0 aromatic heterocycles. The predicted molar refractivity (Wildman–Crippen MR) is 12.4 cm³/mol. The van der Waals surface area contributed by atoms with E-state index in [0.29, 0.717) is 0 Å². The quantitative estimate of drug-likeness (QED) is 0.150. The molecule has 0 aromatic rings. The van der Waals surface area contributed by atoms with Gasteiger partial charge in [-0.05, 0) is 10.3 Å². The van der Waals surface area contributed by atoms with Gasteiger partial charge >= 0.3 is 86.2 Å². The van der Waals surface area contributed by atoms with Crippen molar-refractivity contribution >= 4 is 23.1 Å². The van der Waals surface area contributed by atoms with Crippen molar-refractivity contribution in [3.05, 3.63) is 0 Å². The van der Waals surface area contributed by atoms with E-state index in [2.05, 4.69) is 0 Å². The second-order valence-corrected chi connectivity index (χ2v) is 6.58. The van der Waals surface area contributed by atoms with E-state index in [1.165, 1.54) is 0 Å². The molecule has 0 aliphatic heterocycles. The molecule has 0 fully saturated rings. The van der Waals surface area contributed by atoms with Crippen molar-refractivity contribution in [3.8, 4) is 0 Å². The first-order valence-electron chi connectivity index (χ1n) is 2.36. The second kappa shape index (κ2) is 35.0. The van der Waals surface area contributed by atoms with Crippen LogP contribution in [0.1, 0.15) is 0 Å². The first-order valence-corrected chi connectivity index (χ1v) is 15.8. The summed E-state index contributed by atoms with van der Waals surface area (Å²) in [5.74, 6) is 0. The van der Waals surface area contributed by atoms with E-state index < -0.39 is 105 Å². The third kappa shape index (κ3) is 778. The summed E-state index contributed by atoms with van der Waals surface area (Å²) in [4.78, 5) is 0. The van der Waals surface area contributed by atoms with Gasteiger partial charge in [0.05, 0.1) is 0 Å². The van der Waals surface area contributed by atoms with Gasteiger partial charge < -0.3 is 41.2 Å². The molecule has 0 heterocycles. The molecule has 21 heavy (non-hydrogen) atoms. The standard InChI is InChI=1S/3HIO3.2IO3.Mg/c5*2-1(3)4;/h3*2H;;;/q;;;2*-1;+2. The Morgan fingerprint density at radius 2 is 0.381 bits per heavy atom. The maximum absolute atomic E-state index is 8.68. The van der Waals surface area contributed by atoms with Crippen LogP contribution in [0.5, 0.6) is 0 Å². The van der Waals surface area contributed by atoms with Crippen LogP contribution in [-0.2, 0) is 0 Å². The molecule has 130 valence electrons. The van der Waals surface area contributed by atoms with Gasteiger partial charge in [-0.1, -0.05) is 0 Å². The van der Waals surface area contributed by atoms with Crippen molar-refractivity contribution < 1.29 is 157 Å². The van der Waals surface area contributed by atoms with E-state index in [9.17, 15) is 0 Å². The fourth-order valence-electron chi connectivity index (χ4n) is 0. The summed E-state index contributed by atoms with van der Waals surface area (Å²) in [7, 11) is 0. The molecule has 0 saturated heterocycles. The van der Waals surface area contributed by atoms with Crippen LogP contribution >= 0.6 is 0 Å². The third-order valence-electron chi connectivity index (χ3n) is 0. The molecule has 0 unspecified atom stereocenters. The summed E-state index contributed by atoms with van der Waals surface area (Å²) in [6.45, 7) is 0. The normalized spacial score (nSPS) is 8.57. The van der Waals surface area contributed by atoms with Crippen LogP contribution in [0.2, 0.25) is 0 Å². The minimum Gasteiger partial charge on any atom is -0.427 e. The van der Waals surface area contributed by atoms with Crippen molar-refractivity contribution in [1.29, 1.82) is 0 Å². The Hall–Kier alpha value is 3.82.